The van der Waals surface area contributed by atoms with Crippen LogP contribution in [0.5, 0.6) is 0 Å². The molecule has 0 spiro atoms. The second-order valence-electron chi connectivity index (χ2n) is 8.07. The highest BCUT2D eigenvalue weighted by molar-refractivity contribution is 7.99. The van der Waals surface area contributed by atoms with Crippen LogP contribution in [0, 0.1) is 18.2 Å². The van der Waals surface area contributed by atoms with E-state index in [1.165, 1.54) is 30.9 Å². The third-order valence-electron chi connectivity index (χ3n) is 4.50. The van der Waals surface area contributed by atoms with Crippen LogP contribution in [0.15, 0.2) is 52.5 Å². The minimum absolute atomic E-state index is 0.365. The van der Waals surface area contributed by atoms with Crippen molar-refractivity contribution in [2.45, 2.75) is 43.7 Å². The van der Waals surface area contributed by atoms with Crippen molar-refractivity contribution in [3.8, 4) is 5.69 Å². The van der Waals surface area contributed by atoms with Crippen molar-refractivity contribution in [1.82, 2.24) is 20.1 Å². The quantitative estimate of drug-likeness (QED) is 0.473. The summed E-state index contributed by atoms with van der Waals surface area (Å²) in [5.74, 6) is -0.365. The first-order chi connectivity index (χ1) is 14.6. The molecule has 1 atom stereocenters. The average Bonchev–Trinajstić information content (AvgIpc) is 3.11. The lowest BCUT2D eigenvalue weighted by Gasteiger charge is -2.28. The van der Waals surface area contributed by atoms with E-state index in [0.717, 1.165) is 15.5 Å². The number of aryl methyl sites for hydroxylation is 1. The van der Waals surface area contributed by atoms with Gasteiger partial charge in [0.2, 0.25) is 0 Å². The molecular weight excluding hydrogens is 439 g/mol. The van der Waals surface area contributed by atoms with Gasteiger partial charge in [-0.1, -0.05) is 50.2 Å². The zero-order chi connectivity index (χ0) is 22.8. The molecule has 31 heavy (non-hydrogen) atoms. The number of pyridine rings is 1. The van der Waals surface area contributed by atoms with Crippen LogP contribution in [-0.2, 0) is 4.74 Å². The summed E-state index contributed by atoms with van der Waals surface area (Å²) in [6, 6.07) is 9.94. The highest BCUT2D eigenvalue weighted by atomic mass is 35.5. The van der Waals surface area contributed by atoms with E-state index in [2.05, 4.69) is 10.3 Å². The molecule has 0 bridgehead atoms. The van der Waals surface area contributed by atoms with Crippen LogP contribution < -0.4 is 5.32 Å². The Balaban J connectivity index is 2.13. The minimum atomic E-state index is -0.620. The second-order valence-corrected chi connectivity index (χ2v) is 9.55. The van der Waals surface area contributed by atoms with Gasteiger partial charge in [0.05, 0.1) is 5.69 Å². The lowest BCUT2D eigenvalue weighted by molar-refractivity contribution is 0.0284. The standard InChI is InChI=1S/C22H24ClFN4O2S/c1-13-6-7-14(24)10-17(13)28-19(31-15-8-9-18(23)26-12-15)11-16(27-28)20(22(2,3)4)30-21(29)25-5/h6-12,20H,1-5H3,(H,25,29). The molecule has 164 valence electrons. The topological polar surface area (TPSA) is 69.0 Å². The number of hydrogen-bond acceptors (Lipinski definition) is 5. The molecule has 1 aromatic carbocycles. The Morgan fingerprint density at radius 1 is 1.26 bits per heavy atom. The SMILES string of the molecule is CNC(=O)OC(c1cc(Sc2ccc(Cl)nc2)n(-c2cc(F)ccc2C)n1)C(C)(C)C. The fraction of sp³-hybridized carbons (Fsp3) is 0.318. The average molecular weight is 463 g/mol. The van der Waals surface area contributed by atoms with Crippen molar-refractivity contribution in [3.63, 3.8) is 0 Å². The van der Waals surface area contributed by atoms with Crippen LogP contribution in [0.25, 0.3) is 5.69 Å². The molecule has 2 heterocycles. The highest BCUT2D eigenvalue weighted by Gasteiger charge is 2.33. The summed E-state index contributed by atoms with van der Waals surface area (Å²) < 4.78 is 21.4. The summed E-state index contributed by atoms with van der Waals surface area (Å²) in [6.45, 7) is 7.77. The van der Waals surface area contributed by atoms with E-state index in [4.69, 9.17) is 21.4 Å². The Bertz CT molecular complexity index is 1080. The molecule has 1 N–H and O–H groups in total. The van der Waals surface area contributed by atoms with Crippen molar-refractivity contribution in [2.75, 3.05) is 7.05 Å². The first-order valence-corrected chi connectivity index (χ1v) is 10.8. The number of aromatic nitrogens is 3. The number of halogens is 2. The molecular formula is C22H24ClFN4O2S. The van der Waals surface area contributed by atoms with Crippen LogP contribution in [0.1, 0.15) is 38.1 Å². The third kappa shape index (κ3) is 5.57. The van der Waals surface area contributed by atoms with Crippen LogP contribution >= 0.6 is 23.4 Å². The van der Waals surface area contributed by atoms with Gasteiger partial charge in [-0.25, -0.2) is 18.9 Å². The van der Waals surface area contributed by atoms with Crippen LogP contribution in [0.2, 0.25) is 5.15 Å². The number of benzene rings is 1. The van der Waals surface area contributed by atoms with Crippen molar-refractivity contribution in [1.29, 1.82) is 0 Å². The van der Waals surface area contributed by atoms with Gasteiger partial charge in [0.25, 0.3) is 0 Å². The number of ether oxygens (including phenoxy) is 1. The van der Waals surface area contributed by atoms with Crippen molar-refractivity contribution < 1.29 is 13.9 Å². The molecule has 3 aromatic rings. The Kier molecular flexibility index (Phi) is 6.91. The van der Waals surface area contributed by atoms with E-state index in [1.807, 2.05) is 39.8 Å². The fourth-order valence-corrected chi connectivity index (χ4v) is 3.96. The van der Waals surface area contributed by atoms with E-state index in [0.29, 0.717) is 16.5 Å². The van der Waals surface area contributed by atoms with Gasteiger partial charge in [-0.2, -0.15) is 5.10 Å². The summed E-state index contributed by atoms with van der Waals surface area (Å²) in [5.41, 5.74) is 1.59. The maximum Gasteiger partial charge on any atom is 0.407 e. The van der Waals surface area contributed by atoms with Gasteiger partial charge in [0.15, 0.2) is 6.10 Å². The van der Waals surface area contributed by atoms with Gasteiger partial charge in [-0.3, -0.25) is 0 Å². The molecule has 6 nitrogen and oxygen atoms in total. The molecule has 0 saturated carbocycles. The summed E-state index contributed by atoms with van der Waals surface area (Å²) in [7, 11) is 1.51. The van der Waals surface area contributed by atoms with E-state index >= 15 is 0 Å². The minimum Gasteiger partial charge on any atom is -0.439 e. The van der Waals surface area contributed by atoms with E-state index < -0.39 is 17.6 Å². The molecule has 0 aliphatic carbocycles. The fourth-order valence-electron chi connectivity index (χ4n) is 2.96. The number of nitrogens with one attached hydrogen (secondary N) is 1. The monoisotopic (exact) mass is 462 g/mol. The molecule has 0 aliphatic heterocycles. The molecule has 1 amide bonds. The number of nitrogens with zero attached hydrogens (tertiary/aromatic N) is 3. The number of carbonyl (C=O) groups excluding carboxylic acids is 1. The smallest absolute Gasteiger partial charge is 0.407 e. The molecule has 9 heteroatoms. The van der Waals surface area contributed by atoms with Crippen LogP contribution in [0.3, 0.4) is 0 Å². The first-order valence-electron chi connectivity index (χ1n) is 9.62. The van der Waals surface area contributed by atoms with E-state index in [9.17, 15) is 9.18 Å². The Morgan fingerprint density at radius 3 is 2.61 bits per heavy atom. The van der Waals surface area contributed by atoms with E-state index in [-0.39, 0.29) is 5.82 Å². The molecule has 1 unspecified atom stereocenters. The maximum atomic E-state index is 14.1. The summed E-state index contributed by atoms with van der Waals surface area (Å²) in [4.78, 5) is 16.9. The summed E-state index contributed by atoms with van der Waals surface area (Å²) in [6.07, 6.45) is 0.489. The summed E-state index contributed by atoms with van der Waals surface area (Å²) in [5, 5.41) is 8.33. The lowest BCUT2D eigenvalue weighted by Crippen LogP contribution is -2.29. The van der Waals surface area contributed by atoms with Gasteiger partial charge < -0.3 is 10.1 Å². The predicted molar refractivity (Wildman–Crippen MR) is 119 cm³/mol. The zero-order valence-corrected chi connectivity index (χ0v) is 19.5. The van der Waals surface area contributed by atoms with Gasteiger partial charge in [0.1, 0.15) is 21.7 Å². The number of carbonyl (C=O) groups is 1. The number of alkyl carbamates (subject to hydrolysis) is 1. The Morgan fingerprint density at radius 2 is 2.00 bits per heavy atom. The highest BCUT2D eigenvalue weighted by Crippen LogP contribution is 2.39. The van der Waals surface area contributed by atoms with Crippen molar-refractivity contribution in [3.05, 3.63) is 64.8 Å². The number of amides is 1. The zero-order valence-electron chi connectivity index (χ0n) is 17.9. The molecule has 0 radical (unpaired) electrons. The second kappa shape index (κ2) is 9.28. The largest absolute Gasteiger partial charge is 0.439 e. The predicted octanol–water partition coefficient (Wildman–Crippen LogP) is 5.96. The third-order valence-corrected chi connectivity index (χ3v) is 5.70. The van der Waals surface area contributed by atoms with Crippen LogP contribution in [0.4, 0.5) is 9.18 Å². The lowest BCUT2D eigenvalue weighted by atomic mass is 9.87. The number of hydrogen-bond donors (Lipinski definition) is 1. The Hall–Kier alpha value is -2.58. The molecule has 0 saturated heterocycles. The first kappa shape index (κ1) is 23.1. The normalized spacial score (nSPS) is 12.5. The molecule has 0 aliphatic rings. The Labute approximate surface area is 190 Å². The number of rotatable bonds is 5. The van der Waals surface area contributed by atoms with Gasteiger partial charge in [-0.15, -0.1) is 0 Å². The van der Waals surface area contributed by atoms with Gasteiger partial charge in [-0.05, 0) is 42.8 Å². The maximum absolute atomic E-state index is 14.1. The van der Waals surface area contributed by atoms with Gasteiger partial charge >= 0.3 is 6.09 Å². The van der Waals surface area contributed by atoms with Crippen molar-refractivity contribution in [2.24, 2.45) is 5.41 Å². The molecule has 0 fully saturated rings. The van der Waals surface area contributed by atoms with Crippen molar-refractivity contribution >= 4 is 29.5 Å². The van der Waals surface area contributed by atoms with Gasteiger partial charge in [0, 0.05) is 23.6 Å². The van der Waals surface area contributed by atoms with Crippen LogP contribution in [-0.4, -0.2) is 27.9 Å². The van der Waals surface area contributed by atoms with E-state index in [1.54, 1.807) is 23.0 Å². The molecule has 2 aromatic heterocycles. The summed E-state index contributed by atoms with van der Waals surface area (Å²) >= 11 is 7.31. The molecule has 3 rings (SSSR count).